The summed E-state index contributed by atoms with van der Waals surface area (Å²) in [6.45, 7) is 6.16. The summed E-state index contributed by atoms with van der Waals surface area (Å²) in [5.41, 5.74) is 1.10. The van der Waals surface area contributed by atoms with Crippen molar-refractivity contribution in [3.8, 4) is 11.5 Å². The van der Waals surface area contributed by atoms with Crippen molar-refractivity contribution in [1.29, 1.82) is 0 Å². The van der Waals surface area contributed by atoms with Crippen LogP contribution in [-0.2, 0) is 0 Å². The molecule has 0 radical (unpaired) electrons. The third-order valence-electron chi connectivity index (χ3n) is 3.12. The standard InChI is InChI=1S/C17H19ClN2O3/c1-4-23-14-8-11(7-13(18)16(14)22)5-6-12-9-15(21)20-17(19-12)10(2)3/h5-10,22H,4H2,1-3H3,(H,19,20,21)/b6-5+. The molecule has 1 aromatic carbocycles. The smallest absolute Gasteiger partial charge is 0.251 e. The molecule has 0 spiro atoms. The molecule has 2 N–H and O–H groups in total. The summed E-state index contributed by atoms with van der Waals surface area (Å²) in [7, 11) is 0. The minimum Gasteiger partial charge on any atom is -0.503 e. The number of aromatic nitrogens is 2. The van der Waals surface area contributed by atoms with Crippen LogP contribution in [0.2, 0.25) is 5.02 Å². The normalized spacial score (nSPS) is 11.3. The average molecular weight is 335 g/mol. The molecule has 0 amide bonds. The summed E-state index contributed by atoms with van der Waals surface area (Å²) in [5.74, 6) is 1.00. The van der Waals surface area contributed by atoms with Crippen molar-refractivity contribution < 1.29 is 9.84 Å². The van der Waals surface area contributed by atoms with E-state index in [1.54, 1.807) is 24.3 Å². The van der Waals surface area contributed by atoms with Crippen molar-refractivity contribution >= 4 is 23.8 Å². The lowest BCUT2D eigenvalue weighted by molar-refractivity contribution is 0.318. The van der Waals surface area contributed by atoms with Gasteiger partial charge in [-0.15, -0.1) is 0 Å². The lowest BCUT2D eigenvalue weighted by atomic mass is 10.1. The van der Waals surface area contributed by atoms with Crippen LogP contribution in [0.25, 0.3) is 12.2 Å². The highest BCUT2D eigenvalue weighted by molar-refractivity contribution is 6.32. The maximum absolute atomic E-state index is 11.7. The van der Waals surface area contributed by atoms with Crippen LogP contribution < -0.4 is 10.3 Å². The molecule has 5 nitrogen and oxygen atoms in total. The Balaban J connectivity index is 2.35. The Morgan fingerprint density at radius 2 is 2.09 bits per heavy atom. The Labute approximate surface area is 139 Å². The monoisotopic (exact) mass is 334 g/mol. The number of rotatable bonds is 5. The van der Waals surface area contributed by atoms with Crippen molar-refractivity contribution in [2.75, 3.05) is 6.61 Å². The quantitative estimate of drug-likeness (QED) is 0.871. The number of hydrogen-bond donors (Lipinski definition) is 2. The first-order chi connectivity index (χ1) is 10.9. The predicted molar refractivity (Wildman–Crippen MR) is 92.2 cm³/mol. The number of nitrogens with one attached hydrogen (secondary N) is 1. The summed E-state index contributed by atoms with van der Waals surface area (Å²) in [4.78, 5) is 18.8. The largest absolute Gasteiger partial charge is 0.503 e. The molecule has 0 unspecified atom stereocenters. The van der Waals surface area contributed by atoms with Gasteiger partial charge in [0.1, 0.15) is 5.82 Å². The third-order valence-corrected chi connectivity index (χ3v) is 3.41. The van der Waals surface area contributed by atoms with E-state index in [1.165, 1.54) is 6.07 Å². The summed E-state index contributed by atoms with van der Waals surface area (Å²) < 4.78 is 5.34. The average Bonchev–Trinajstić information content (AvgIpc) is 2.49. The van der Waals surface area contributed by atoms with Crippen LogP contribution in [0.15, 0.2) is 23.0 Å². The van der Waals surface area contributed by atoms with E-state index in [9.17, 15) is 9.90 Å². The molecule has 23 heavy (non-hydrogen) atoms. The van der Waals surface area contributed by atoms with E-state index in [0.717, 1.165) is 5.56 Å². The molecule has 0 saturated heterocycles. The van der Waals surface area contributed by atoms with E-state index in [1.807, 2.05) is 20.8 Å². The van der Waals surface area contributed by atoms with E-state index in [-0.39, 0.29) is 22.2 Å². The summed E-state index contributed by atoms with van der Waals surface area (Å²) in [6, 6.07) is 4.72. The van der Waals surface area contributed by atoms with Gasteiger partial charge in [0, 0.05) is 12.0 Å². The van der Waals surface area contributed by atoms with Gasteiger partial charge >= 0.3 is 0 Å². The second-order valence-electron chi connectivity index (χ2n) is 5.33. The Kier molecular flexibility index (Phi) is 5.45. The summed E-state index contributed by atoms with van der Waals surface area (Å²) in [6.07, 6.45) is 3.49. The van der Waals surface area contributed by atoms with Crippen LogP contribution in [0.5, 0.6) is 11.5 Å². The van der Waals surface area contributed by atoms with Crippen molar-refractivity contribution in [1.82, 2.24) is 9.97 Å². The van der Waals surface area contributed by atoms with Crippen molar-refractivity contribution in [2.45, 2.75) is 26.7 Å². The lowest BCUT2D eigenvalue weighted by Gasteiger charge is -2.08. The Morgan fingerprint density at radius 1 is 1.35 bits per heavy atom. The van der Waals surface area contributed by atoms with Crippen molar-refractivity contribution in [3.63, 3.8) is 0 Å². The molecule has 1 aromatic heterocycles. The Bertz CT molecular complexity index is 782. The van der Waals surface area contributed by atoms with E-state index in [4.69, 9.17) is 16.3 Å². The van der Waals surface area contributed by atoms with E-state index < -0.39 is 0 Å². The third kappa shape index (κ3) is 4.36. The molecule has 0 aliphatic rings. The summed E-state index contributed by atoms with van der Waals surface area (Å²) in [5, 5.41) is 10.0. The summed E-state index contributed by atoms with van der Waals surface area (Å²) >= 11 is 5.99. The molecule has 122 valence electrons. The SMILES string of the molecule is CCOc1cc(/C=C/c2cc(=O)[nH]c(C(C)C)n2)cc(Cl)c1O. The molecular weight excluding hydrogens is 316 g/mol. The highest BCUT2D eigenvalue weighted by Crippen LogP contribution is 2.35. The molecule has 2 rings (SSSR count). The zero-order valence-corrected chi connectivity index (χ0v) is 14.0. The van der Waals surface area contributed by atoms with Gasteiger partial charge < -0.3 is 14.8 Å². The Hall–Kier alpha value is -2.27. The number of phenols is 1. The van der Waals surface area contributed by atoms with E-state index >= 15 is 0 Å². The molecule has 0 atom stereocenters. The second-order valence-corrected chi connectivity index (χ2v) is 5.73. The first-order valence-corrected chi connectivity index (χ1v) is 7.73. The highest BCUT2D eigenvalue weighted by atomic mass is 35.5. The maximum Gasteiger partial charge on any atom is 0.251 e. The fourth-order valence-corrected chi connectivity index (χ4v) is 2.21. The first-order valence-electron chi connectivity index (χ1n) is 7.35. The molecule has 2 aromatic rings. The number of nitrogens with zero attached hydrogens (tertiary/aromatic N) is 1. The molecule has 6 heteroatoms. The fraction of sp³-hybridized carbons (Fsp3) is 0.294. The van der Waals surface area contributed by atoms with Gasteiger partial charge in [-0.05, 0) is 30.7 Å². The molecule has 0 saturated carbocycles. The van der Waals surface area contributed by atoms with Gasteiger partial charge in [0.15, 0.2) is 11.5 Å². The number of hydrogen-bond acceptors (Lipinski definition) is 4. The number of phenolic OH excluding ortho intramolecular Hbond substituents is 1. The van der Waals surface area contributed by atoms with Gasteiger partial charge in [0.2, 0.25) is 0 Å². The lowest BCUT2D eigenvalue weighted by Crippen LogP contribution is -2.12. The second kappa shape index (κ2) is 7.33. The van der Waals surface area contributed by atoms with Crippen LogP contribution in [0.1, 0.15) is 43.8 Å². The van der Waals surface area contributed by atoms with Gasteiger partial charge in [-0.25, -0.2) is 4.98 Å². The van der Waals surface area contributed by atoms with E-state index in [0.29, 0.717) is 23.9 Å². The van der Waals surface area contributed by atoms with Crippen LogP contribution in [-0.4, -0.2) is 21.7 Å². The fourth-order valence-electron chi connectivity index (χ4n) is 1.99. The molecule has 0 bridgehead atoms. The number of aromatic amines is 1. The molecule has 1 heterocycles. The van der Waals surface area contributed by atoms with Crippen LogP contribution >= 0.6 is 11.6 Å². The number of H-pyrrole nitrogens is 1. The molecule has 0 aliphatic heterocycles. The first kappa shape index (κ1) is 17.1. The van der Waals surface area contributed by atoms with Crippen LogP contribution in [0, 0.1) is 0 Å². The van der Waals surface area contributed by atoms with Gasteiger partial charge in [0.25, 0.3) is 5.56 Å². The Morgan fingerprint density at radius 3 is 2.74 bits per heavy atom. The maximum atomic E-state index is 11.7. The zero-order chi connectivity index (χ0) is 17.0. The number of ether oxygens (including phenoxy) is 1. The minimum atomic E-state index is -0.193. The van der Waals surface area contributed by atoms with E-state index in [2.05, 4.69) is 9.97 Å². The van der Waals surface area contributed by atoms with Crippen LogP contribution in [0.4, 0.5) is 0 Å². The molecular formula is C17H19ClN2O3. The van der Waals surface area contributed by atoms with Crippen LogP contribution in [0.3, 0.4) is 0 Å². The minimum absolute atomic E-state index is 0.0814. The topological polar surface area (TPSA) is 75.2 Å². The van der Waals surface area contributed by atoms with Gasteiger partial charge in [-0.2, -0.15) is 0 Å². The highest BCUT2D eigenvalue weighted by Gasteiger charge is 2.08. The predicted octanol–water partition coefficient (Wildman–Crippen LogP) is 3.82. The number of aromatic hydroxyl groups is 1. The van der Waals surface area contributed by atoms with Gasteiger partial charge in [-0.1, -0.05) is 31.5 Å². The molecule has 0 fully saturated rings. The zero-order valence-electron chi connectivity index (χ0n) is 13.3. The van der Waals surface area contributed by atoms with Gasteiger partial charge in [0.05, 0.1) is 17.3 Å². The van der Waals surface area contributed by atoms with Crippen molar-refractivity contribution in [2.24, 2.45) is 0 Å². The number of benzene rings is 1. The van der Waals surface area contributed by atoms with Crippen molar-refractivity contribution in [3.05, 3.63) is 50.7 Å². The molecule has 0 aliphatic carbocycles. The number of halogens is 1. The van der Waals surface area contributed by atoms with Gasteiger partial charge in [-0.3, -0.25) is 4.79 Å².